The summed E-state index contributed by atoms with van der Waals surface area (Å²) in [6, 6.07) is 0. The van der Waals surface area contributed by atoms with E-state index in [9.17, 15) is 4.21 Å². The van der Waals surface area contributed by atoms with Gasteiger partial charge in [-0.05, 0) is 13.3 Å². The second kappa shape index (κ2) is 6.81. The Labute approximate surface area is 99.9 Å². The molecular weight excluding hydrogens is 222 g/mol. The number of aryl methyl sites for hydroxylation is 1. The molecule has 1 rings (SSSR count). The molecule has 0 spiro atoms. The van der Waals surface area contributed by atoms with Crippen LogP contribution in [0.5, 0.6) is 0 Å². The zero-order valence-corrected chi connectivity index (χ0v) is 11.1. The third-order valence-electron chi connectivity index (χ3n) is 2.55. The standard InChI is InChI=1S/C11H21N3OS/c1-4-6-14-7-5-13-11(14)9-12-8-10(2)16(3)15/h5,7,10,12H,4,6,8-9H2,1-3H3. The summed E-state index contributed by atoms with van der Waals surface area (Å²) in [7, 11) is -0.757. The normalized spacial score (nSPS) is 14.9. The molecular formula is C11H21N3OS. The van der Waals surface area contributed by atoms with Crippen molar-refractivity contribution >= 4 is 10.8 Å². The highest BCUT2D eigenvalue weighted by atomic mass is 32.2. The molecule has 0 aromatic carbocycles. The molecule has 1 N–H and O–H groups in total. The van der Waals surface area contributed by atoms with Crippen LogP contribution in [0.1, 0.15) is 26.1 Å². The molecule has 5 heteroatoms. The molecule has 0 aliphatic heterocycles. The summed E-state index contributed by atoms with van der Waals surface area (Å²) in [4.78, 5) is 4.30. The Balaban J connectivity index is 2.36. The molecule has 16 heavy (non-hydrogen) atoms. The number of imidazole rings is 1. The van der Waals surface area contributed by atoms with Gasteiger partial charge in [-0.15, -0.1) is 0 Å². The van der Waals surface area contributed by atoms with Crippen molar-refractivity contribution in [3.05, 3.63) is 18.2 Å². The Morgan fingerprint density at radius 2 is 2.38 bits per heavy atom. The van der Waals surface area contributed by atoms with Crippen molar-refractivity contribution < 1.29 is 4.21 Å². The first kappa shape index (κ1) is 13.4. The van der Waals surface area contributed by atoms with Crippen molar-refractivity contribution in [1.29, 1.82) is 0 Å². The van der Waals surface area contributed by atoms with Crippen LogP contribution in [0.15, 0.2) is 12.4 Å². The predicted molar refractivity (Wildman–Crippen MR) is 67.8 cm³/mol. The van der Waals surface area contributed by atoms with Gasteiger partial charge in [0, 0.05) is 47.8 Å². The molecule has 0 aliphatic carbocycles. The Kier molecular flexibility index (Phi) is 5.69. The quantitative estimate of drug-likeness (QED) is 0.781. The number of nitrogens with zero attached hydrogens (tertiary/aromatic N) is 2. The second-order valence-electron chi connectivity index (χ2n) is 3.98. The maximum atomic E-state index is 11.2. The first-order valence-electron chi connectivity index (χ1n) is 5.68. The molecule has 0 aliphatic rings. The summed E-state index contributed by atoms with van der Waals surface area (Å²) in [5.74, 6) is 1.05. The summed E-state index contributed by atoms with van der Waals surface area (Å²) in [5.41, 5.74) is 0. The maximum absolute atomic E-state index is 11.2. The number of hydrogen-bond donors (Lipinski definition) is 1. The van der Waals surface area contributed by atoms with Gasteiger partial charge in [-0.2, -0.15) is 0 Å². The van der Waals surface area contributed by atoms with Crippen LogP contribution in [-0.4, -0.2) is 31.8 Å². The van der Waals surface area contributed by atoms with E-state index in [-0.39, 0.29) is 5.25 Å². The fourth-order valence-corrected chi connectivity index (χ4v) is 1.81. The van der Waals surface area contributed by atoms with Crippen molar-refractivity contribution in [1.82, 2.24) is 14.9 Å². The molecule has 1 aromatic rings. The van der Waals surface area contributed by atoms with Crippen LogP contribution in [0.4, 0.5) is 0 Å². The monoisotopic (exact) mass is 243 g/mol. The Bertz CT molecular complexity index is 338. The summed E-state index contributed by atoms with van der Waals surface area (Å²) >= 11 is 0. The van der Waals surface area contributed by atoms with Crippen molar-refractivity contribution in [3.63, 3.8) is 0 Å². The lowest BCUT2D eigenvalue weighted by Crippen LogP contribution is -2.28. The average molecular weight is 243 g/mol. The lowest BCUT2D eigenvalue weighted by Gasteiger charge is -2.10. The van der Waals surface area contributed by atoms with Gasteiger partial charge >= 0.3 is 0 Å². The Morgan fingerprint density at radius 1 is 1.62 bits per heavy atom. The highest BCUT2D eigenvalue weighted by Gasteiger charge is 2.06. The second-order valence-corrected chi connectivity index (χ2v) is 5.78. The Morgan fingerprint density at radius 3 is 3.00 bits per heavy atom. The van der Waals surface area contributed by atoms with E-state index in [1.165, 1.54) is 0 Å². The van der Waals surface area contributed by atoms with E-state index in [1.54, 1.807) is 6.26 Å². The fourth-order valence-electron chi connectivity index (χ4n) is 1.46. The van der Waals surface area contributed by atoms with Crippen molar-refractivity contribution in [3.8, 4) is 0 Å². The number of nitrogens with one attached hydrogen (secondary N) is 1. The van der Waals surface area contributed by atoms with Crippen molar-refractivity contribution in [2.24, 2.45) is 0 Å². The topological polar surface area (TPSA) is 46.9 Å². The Hall–Kier alpha value is -0.680. The van der Waals surface area contributed by atoms with Gasteiger partial charge in [0.25, 0.3) is 0 Å². The molecule has 1 heterocycles. The molecule has 0 saturated carbocycles. The molecule has 0 saturated heterocycles. The third kappa shape index (κ3) is 4.06. The number of aromatic nitrogens is 2. The summed E-state index contributed by atoms with van der Waals surface area (Å²) in [6.45, 7) is 6.66. The van der Waals surface area contributed by atoms with E-state index in [2.05, 4.69) is 21.8 Å². The summed E-state index contributed by atoms with van der Waals surface area (Å²) in [5, 5.41) is 3.48. The largest absolute Gasteiger partial charge is 0.334 e. The van der Waals surface area contributed by atoms with Crippen molar-refractivity contribution in [2.45, 2.75) is 38.6 Å². The number of rotatable bonds is 7. The van der Waals surface area contributed by atoms with Gasteiger partial charge in [-0.1, -0.05) is 6.92 Å². The minimum absolute atomic E-state index is 0.189. The molecule has 4 nitrogen and oxygen atoms in total. The van der Waals surface area contributed by atoms with Gasteiger partial charge in [-0.3, -0.25) is 4.21 Å². The molecule has 1 aromatic heterocycles. The van der Waals surface area contributed by atoms with Crippen LogP contribution in [0, 0.1) is 0 Å². The first-order valence-corrected chi connectivity index (χ1v) is 7.30. The minimum Gasteiger partial charge on any atom is -0.334 e. The molecule has 0 bridgehead atoms. The zero-order valence-electron chi connectivity index (χ0n) is 10.3. The highest BCUT2D eigenvalue weighted by Crippen LogP contribution is 1.99. The molecule has 0 fully saturated rings. The lowest BCUT2D eigenvalue weighted by atomic mass is 10.4. The average Bonchev–Trinajstić information content (AvgIpc) is 2.66. The third-order valence-corrected chi connectivity index (χ3v) is 3.85. The van der Waals surface area contributed by atoms with Crippen LogP contribution in [0.25, 0.3) is 0 Å². The van der Waals surface area contributed by atoms with Gasteiger partial charge in [0.05, 0.1) is 6.54 Å². The number of hydrogen-bond acceptors (Lipinski definition) is 3. The molecule has 92 valence electrons. The van der Waals surface area contributed by atoms with Gasteiger partial charge < -0.3 is 9.88 Å². The summed E-state index contributed by atoms with van der Waals surface area (Å²) < 4.78 is 13.3. The first-order chi connectivity index (χ1) is 7.65. The summed E-state index contributed by atoms with van der Waals surface area (Å²) in [6.07, 6.45) is 6.68. The fraction of sp³-hybridized carbons (Fsp3) is 0.727. The smallest absolute Gasteiger partial charge is 0.122 e. The lowest BCUT2D eigenvalue weighted by molar-refractivity contribution is 0.584. The van der Waals surface area contributed by atoms with Crippen LogP contribution < -0.4 is 5.32 Å². The van der Waals surface area contributed by atoms with Gasteiger partial charge in [-0.25, -0.2) is 4.98 Å². The van der Waals surface area contributed by atoms with E-state index < -0.39 is 10.8 Å². The van der Waals surface area contributed by atoms with Crippen LogP contribution in [0.3, 0.4) is 0 Å². The van der Waals surface area contributed by atoms with E-state index in [4.69, 9.17) is 0 Å². The molecule has 2 atom stereocenters. The van der Waals surface area contributed by atoms with Gasteiger partial charge in [0.1, 0.15) is 5.82 Å². The van der Waals surface area contributed by atoms with Crippen LogP contribution in [0.2, 0.25) is 0 Å². The predicted octanol–water partition coefficient (Wildman–Crippen LogP) is 1.15. The van der Waals surface area contributed by atoms with E-state index in [1.807, 2.05) is 19.3 Å². The van der Waals surface area contributed by atoms with Gasteiger partial charge in [0.15, 0.2) is 0 Å². The van der Waals surface area contributed by atoms with Gasteiger partial charge in [0.2, 0.25) is 0 Å². The zero-order chi connectivity index (χ0) is 12.0. The van der Waals surface area contributed by atoms with E-state index in [0.717, 1.165) is 31.9 Å². The van der Waals surface area contributed by atoms with Crippen molar-refractivity contribution in [2.75, 3.05) is 12.8 Å². The molecule has 0 radical (unpaired) electrons. The maximum Gasteiger partial charge on any atom is 0.122 e. The van der Waals surface area contributed by atoms with E-state index in [0.29, 0.717) is 0 Å². The van der Waals surface area contributed by atoms with E-state index >= 15 is 0 Å². The minimum atomic E-state index is -0.757. The highest BCUT2D eigenvalue weighted by molar-refractivity contribution is 7.84. The van der Waals surface area contributed by atoms with Crippen LogP contribution >= 0.6 is 0 Å². The van der Waals surface area contributed by atoms with Crippen LogP contribution in [-0.2, 0) is 23.9 Å². The molecule has 2 unspecified atom stereocenters. The molecule has 0 amide bonds. The SMILES string of the molecule is CCCn1ccnc1CNCC(C)S(C)=O.